The molecule has 1 aliphatic rings. The molecule has 1 atom stereocenters. The average molecular weight is 391 g/mol. The van der Waals surface area contributed by atoms with Crippen LogP contribution in [0.25, 0.3) is 11.4 Å². The van der Waals surface area contributed by atoms with Crippen LogP contribution in [0.2, 0.25) is 0 Å². The summed E-state index contributed by atoms with van der Waals surface area (Å²) in [5.41, 5.74) is 4.40. The Kier molecular flexibility index (Phi) is 5.34. The van der Waals surface area contributed by atoms with Gasteiger partial charge in [0.25, 0.3) is 0 Å². The number of rotatable bonds is 6. The highest BCUT2D eigenvalue weighted by Gasteiger charge is 2.36. The molecule has 29 heavy (non-hydrogen) atoms. The quantitative estimate of drug-likeness (QED) is 0.613. The van der Waals surface area contributed by atoms with Crippen molar-refractivity contribution in [2.24, 2.45) is 0 Å². The lowest BCUT2D eigenvalue weighted by Crippen LogP contribution is -2.27. The van der Waals surface area contributed by atoms with Crippen molar-refractivity contribution in [1.29, 1.82) is 0 Å². The molecule has 6 heteroatoms. The fraction of sp³-hybridized carbons (Fsp3) is 0.348. The fourth-order valence-electron chi connectivity index (χ4n) is 3.67. The summed E-state index contributed by atoms with van der Waals surface area (Å²) < 4.78 is 11.1. The van der Waals surface area contributed by atoms with Crippen LogP contribution in [0.3, 0.4) is 0 Å². The normalized spacial score (nSPS) is 16.4. The third-order valence-corrected chi connectivity index (χ3v) is 5.38. The zero-order valence-corrected chi connectivity index (χ0v) is 17.0. The Hall–Kier alpha value is -3.15. The van der Waals surface area contributed by atoms with Gasteiger partial charge in [0.15, 0.2) is 0 Å². The van der Waals surface area contributed by atoms with E-state index >= 15 is 0 Å². The van der Waals surface area contributed by atoms with Gasteiger partial charge in [0.1, 0.15) is 11.8 Å². The summed E-state index contributed by atoms with van der Waals surface area (Å²) in [7, 11) is 0. The van der Waals surface area contributed by atoms with Gasteiger partial charge in [-0.2, -0.15) is 4.98 Å². The number of amides is 1. The van der Waals surface area contributed by atoms with Crippen LogP contribution in [-0.2, 0) is 11.3 Å². The summed E-state index contributed by atoms with van der Waals surface area (Å²) in [6.45, 7) is 7.26. The molecule has 0 bridgehead atoms. The van der Waals surface area contributed by atoms with E-state index < -0.39 is 0 Å². The molecule has 2 aromatic carbocycles. The second kappa shape index (κ2) is 8.07. The van der Waals surface area contributed by atoms with Gasteiger partial charge in [-0.05, 0) is 56.0 Å². The molecule has 0 spiro atoms. The van der Waals surface area contributed by atoms with Crippen LogP contribution < -0.4 is 4.74 Å². The van der Waals surface area contributed by atoms with Gasteiger partial charge in [0.05, 0.1) is 6.61 Å². The van der Waals surface area contributed by atoms with Gasteiger partial charge in [0, 0.05) is 18.5 Å². The molecular formula is C23H25N3O3. The largest absolute Gasteiger partial charge is 0.494 e. The van der Waals surface area contributed by atoms with E-state index in [1.807, 2.05) is 36.1 Å². The van der Waals surface area contributed by atoms with E-state index in [9.17, 15) is 4.79 Å². The topological polar surface area (TPSA) is 68.5 Å². The van der Waals surface area contributed by atoms with Gasteiger partial charge >= 0.3 is 0 Å². The lowest BCUT2D eigenvalue weighted by Gasteiger charge is -2.22. The Morgan fingerprint density at radius 2 is 2.03 bits per heavy atom. The first-order valence-corrected chi connectivity index (χ1v) is 9.97. The van der Waals surface area contributed by atoms with Crippen molar-refractivity contribution in [3.63, 3.8) is 0 Å². The van der Waals surface area contributed by atoms with E-state index in [0.717, 1.165) is 16.9 Å². The van der Waals surface area contributed by atoms with E-state index in [4.69, 9.17) is 9.26 Å². The first kappa shape index (κ1) is 19.2. The van der Waals surface area contributed by atoms with Crippen molar-refractivity contribution in [2.45, 2.75) is 46.2 Å². The molecule has 0 radical (unpaired) electrons. The number of carbonyl (C=O) groups excluding carboxylic acids is 1. The standard InChI is InChI=1S/C23H25N3O3/c1-4-28-19-7-5-6-18(13-19)22-24-23(29-25-22)20-10-11-21(27)26(20)14-17-9-8-15(2)16(3)12-17/h5-9,12-13,20H,4,10-11,14H2,1-3H3. The van der Waals surface area contributed by atoms with E-state index in [1.165, 1.54) is 11.1 Å². The van der Waals surface area contributed by atoms with Crippen molar-refractivity contribution >= 4 is 5.91 Å². The van der Waals surface area contributed by atoms with Crippen molar-refractivity contribution < 1.29 is 14.1 Å². The van der Waals surface area contributed by atoms with E-state index in [0.29, 0.717) is 37.7 Å². The minimum atomic E-state index is -0.194. The SMILES string of the molecule is CCOc1cccc(-c2noc(C3CCC(=O)N3Cc3ccc(C)c(C)c3)n2)c1. The zero-order valence-electron chi connectivity index (χ0n) is 17.0. The molecule has 1 fully saturated rings. The highest BCUT2D eigenvalue weighted by Crippen LogP contribution is 2.34. The maximum absolute atomic E-state index is 12.5. The second-order valence-electron chi connectivity index (χ2n) is 7.41. The predicted molar refractivity (Wildman–Crippen MR) is 109 cm³/mol. The maximum Gasteiger partial charge on any atom is 0.249 e. The summed E-state index contributed by atoms with van der Waals surface area (Å²) in [5.74, 6) is 1.87. The number of likely N-dealkylation sites (tertiary alicyclic amines) is 1. The van der Waals surface area contributed by atoms with Crippen LogP contribution in [0, 0.1) is 13.8 Å². The molecule has 3 aromatic rings. The molecular weight excluding hydrogens is 366 g/mol. The van der Waals surface area contributed by atoms with Gasteiger partial charge in [0.2, 0.25) is 17.6 Å². The molecule has 1 saturated heterocycles. The zero-order chi connectivity index (χ0) is 20.4. The number of benzene rings is 2. The highest BCUT2D eigenvalue weighted by atomic mass is 16.5. The van der Waals surface area contributed by atoms with Gasteiger partial charge in [-0.15, -0.1) is 0 Å². The van der Waals surface area contributed by atoms with Crippen molar-refractivity contribution in [3.8, 4) is 17.1 Å². The molecule has 1 unspecified atom stereocenters. The third kappa shape index (κ3) is 4.01. The van der Waals surface area contributed by atoms with Crippen LogP contribution in [0.1, 0.15) is 48.4 Å². The first-order valence-electron chi connectivity index (χ1n) is 9.97. The monoisotopic (exact) mass is 391 g/mol. The van der Waals surface area contributed by atoms with Crippen LogP contribution in [0.4, 0.5) is 0 Å². The van der Waals surface area contributed by atoms with Crippen LogP contribution in [0.5, 0.6) is 5.75 Å². The smallest absolute Gasteiger partial charge is 0.249 e. The highest BCUT2D eigenvalue weighted by molar-refractivity contribution is 5.78. The number of hydrogen-bond acceptors (Lipinski definition) is 5. The summed E-state index contributed by atoms with van der Waals surface area (Å²) in [4.78, 5) is 19.0. The van der Waals surface area contributed by atoms with Crippen molar-refractivity contribution in [2.75, 3.05) is 6.61 Å². The number of nitrogens with zero attached hydrogens (tertiary/aromatic N) is 3. The second-order valence-corrected chi connectivity index (χ2v) is 7.41. The molecule has 150 valence electrons. The molecule has 1 aromatic heterocycles. The van der Waals surface area contributed by atoms with E-state index in [1.54, 1.807) is 0 Å². The molecule has 0 aliphatic carbocycles. The van der Waals surface area contributed by atoms with Gasteiger partial charge < -0.3 is 14.2 Å². The summed E-state index contributed by atoms with van der Waals surface area (Å²) in [5, 5.41) is 4.14. The molecule has 0 saturated carbocycles. The number of aromatic nitrogens is 2. The van der Waals surface area contributed by atoms with Crippen molar-refractivity contribution in [1.82, 2.24) is 15.0 Å². The lowest BCUT2D eigenvalue weighted by atomic mass is 10.1. The summed E-state index contributed by atoms with van der Waals surface area (Å²) in [6, 6.07) is 13.7. The van der Waals surface area contributed by atoms with Gasteiger partial charge in [-0.1, -0.05) is 35.5 Å². The van der Waals surface area contributed by atoms with Gasteiger partial charge in [-0.25, -0.2) is 0 Å². The Morgan fingerprint density at radius 3 is 2.83 bits per heavy atom. The third-order valence-electron chi connectivity index (χ3n) is 5.38. The molecule has 4 rings (SSSR count). The fourth-order valence-corrected chi connectivity index (χ4v) is 3.67. The van der Waals surface area contributed by atoms with Crippen molar-refractivity contribution in [3.05, 3.63) is 65.0 Å². The van der Waals surface area contributed by atoms with E-state index in [2.05, 4.69) is 42.2 Å². The summed E-state index contributed by atoms with van der Waals surface area (Å²) in [6.07, 6.45) is 1.18. The lowest BCUT2D eigenvalue weighted by molar-refractivity contribution is -0.129. The Labute approximate surface area is 170 Å². The minimum Gasteiger partial charge on any atom is -0.494 e. The Morgan fingerprint density at radius 1 is 1.17 bits per heavy atom. The van der Waals surface area contributed by atoms with Gasteiger partial charge in [-0.3, -0.25) is 4.79 Å². The molecule has 2 heterocycles. The number of hydrogen-bond donors (Lipinski definition) is 0. The molecule has 1 aliphatic heterocycles. The molecule has 1 amide bonds. The van der Waals surface area contributed by atoms with E-state index in [-0.39, 0.29) is 11.9 Å². The first-order chi connectivity index (χ1) is 14.0. The predicted octanol–water partition coefficient (Wildman–Crippen LogP) is 4.62. The number of carbonyl (C=O) groups is 1. The Bertz CT molecular complexity index is 1030. The number of aryl methyl sites for hydroxylation is 2. The summed E-state index contributed by atoms with van der Waals surface area (Å²) >= 11 is 0. The molecule has 6 nitrogen and oxygen atoms in total. The van der Waals surface area contributed by atoms with Crippen LogP contribution in [0.15, 0.2) is 47.0 Å². The maximum atomic E-state index is 12.5. The van der Waals surface area contributed by atoms with Crippen LogP contribution in [-0.4, -0.2) is 27.6 Å². The molecule has 0 N–H and O–H groups in total. The number of ether oxygens (including phenoxy) is 1. The average Bonchev–Trinajstić information content (AvgIpc) is 3.33. The minimum absolute atomic E-state index is 0.117. The Balaban J connectivity index is 1.56. The van der Waals surface area contributed by atoms with Crippen LogP contribution >= 0.6 is 0 Å².